The molecule has 4 nitrogen and oxygen atoms in total. The molecule has 0 spiro atoms. The van der Waals surface area contributed by atoms with Crippen LogP contribution in [0.15, 0.2) is 53.3 Å². The van der Waals surface area contributed by atoms with Gasteiger partial charge in [-0.25, -0.2) is 5.10 Å². The Morgan fingerprint density at radius 1 is 1.00 bits per heavy atom. The average molecular weight is 251 g/mol. The molecule has 1 aromatic heterocycles. The van der Waals surface area contributed by atoms with Crippen LogP contribution in [0, 0.1) is 0 Å². The zero-order valence-corrected chi connectivity index (χ0v) is 10.5. The van der Waals surface area contributed by atoms with E-state index in [1.54, 1.807) is 6.07 Å². The van der Waals surface area contributed by atoms with E-state index >= 15 is 0 Å². The quantitative estimate of drug-likeness (QED) is 0.736. The number of nitrogens with one attached hydrogen (secondary N) is 2. The molecule has 2 N–H and O–H groups in total. The third-order valence-electron chi connectivity index (χ3n) is 3.14. The molecule has 0 bridgehead atoms. The molecule has 0 fully saturated rings. The molecule has 0 radical (unpaired) electrons. The first-order chi connectivity index (χ1) is 9.29. The first-order valence-electron chi connectivity index (χ1n) is 6.05. The Kier molecular flexibility index (Phi) is 2.76. The van der Waals surface area contributed by atoms with Gasteiger partial charge in [0.15, 0.2) is 0 Å². The second-order valence-electron chi connectivity index (χ2n) is 4.27. The summed E-state index contributed by atoms with van der Waals surface area (Å²) in [6.45, 7) is 0. The second-order valence-corrected chi connectivity index (χ2v) is 4.27. The van der Waals surface area contributed by atoms with Crippen molar-refractivity contribution in [1.82, 2.24) is 10.2 Å². The normalized spacial score (nSPS) is 10.6. The van der Waals surface area contributed by atoms with Crippen molar-refractivity contribution in [3.05, 3.63) is 58.9 Å². The smallest absolute Gasteiger partial charge is 0.272 e. The SMILES string of the molecule is CNc1ccc(-c2n[nH]c(=O)c3ccccc23)cc1. The molecule has 0 aliphatic rings. The summed E-state index contributed by atoms with van der Waals surface area (Å²) >= 11 is 0. The number of nitrogens with zero attached hydrogens (tertiary/aromatic N) is 1. The molecule has 3 aromatic rings. The predicted octanol–water partition coefficient (Wildman–Crippen LogP) is 2.63. The third kappa shape index (κ3) is 1.97. The van der Waals surface area contributed by atoms with Gasteiger partial charge in [0.25, 0.3) is 5.56 Å². The van der Waals surface area contributed by atoms with Crippen LogP contribution in [0.2, 0.25) is 0 Å². The number of hydrogen-bond donors (Lipinski definition) is 2. The lowest BCUT2D eigenvalue weighted by Crippen LogP contribution is -2.09. The molecule has 0 aliphatic carbocycles. The number of rotatable bonds is 2. The van der Waals surface area contributed by atoms with Crippen LogP contribution in [0.5, 0.6) is 0 Å². The summed E-state index contributed by atoms with van der Waals surface area (Å²) in [7, 11) is 1.88. The Bertz CT molecular complexity index is 775. The molecule has 4 heteroatoms. The van der Waals surface area contributed by atoms with Crippen molar-refractivity contribution in [1.29, 1.82) is 0 Å². The van der Waals surface area contributed by atoms with Crippen LogP contribution in [-0.4, -0.2) is 17.2 Å². The predicted molar refractivity (Wildman–Crippen MR) is 77.3 cm³/mol. The van der Waals surface area contributed by atoms with Crippen molar-refractivity contribution in [3.63, 3.8) is 0 Å². The summed E-state index contributed by atoms with van der Waals surface area (Å²) in [6, 6.07) is 15.4. The molecular weight excluding hydrogens is 238 g/mol. The van der Waals surface area contributed by atoms with Gasteiger partial charge >= 0.3 is 0 Å². The summed E-state index contributed by atoms with van der Waals surface area (Å²) in [5.41, 5.74) is 2.65. The molecule has 0 saturated heterocycles. The Morgan fingerprint density at radius 3 is 2.37 bits per heavy atom. The molecule has 94 valence electrons. The number of H-pyrrole nitrogens is 1. The van der Waals surface area contributed by atoms with Gasteiger partial charge < -0.3 is 5.32 Å². The maximum absolute atomic E-state index is 11.7. The van der Waals surface area contributed by atoms with Gasteiger partial charge in [0.2, 0.25) is 0 Å². The molecule has 0 amide bonds. The molecule has 2 aromatic carbocycles. The van der Waals surface area contributed by atoms with E-state index < -0.39 is 0 Å². The highest BCUT2D eigenvalue weighted by molar-refractivity contribution is 5.93. The molecule has 3 rings (SSSR count). The first kappa shape index (κ1) is 11.5. The lowest BCUT2D eigenvalue weighted by Gasteiger charge is -2.06. The number of aromatic nitrogens is 2. The minimum Gasteiger partial charge on any atom is -0.388 e. The third-order valence-corrected chi connectivity index (χ3v) is 3.14. The van der Waals surface area contributed by atoms with Crippen LogP contribution in [0.1, 0.15) is 0 Å². The van der Waals surface area contributed by atoms with Gasteiger partial charge in [-0.1, -0.05) is 30.3 Å². The van der Waals surface area contributed by atoms with Crippen LogP contribution in [-0.2, 0) is 0 Å². The van der Waals surface area contributed by atoms with E-state index in [-0.39, 0.29) is 5.56 Å². The number of hydrogen-bond acceptors (Lipinski definition) is 3. The van der Waals surface area contributed by atoms with E-state index in [1.165, 1.54) is 0 Å². The van der Waals surface area contributed by atoms with E-state index in [0.717, 1.165) is 22.3 Å². The highest BCUT2D eigenvalue weighted by atomic mass is 16.1. The molecule has 0 unspecified atom stereocenters. The van der Waals surface area contributed by atoms with Gasteiger partial charge in [-0.05, 0) is 18.2 Å². The van der Waals surface area contributed by atoms with Crippen molar-refractivity contribution >= 4 is 16.5 Å². The topological polar surface area (TPSA) is 57.8 Å². The standard InChI is InChI=1S/C15H13N3O/c1-16-11-8-6-10(7-9-11)14-12-4-2-3-5-13(12)15(19)18-17-14/h2-9,16H,1H3,(H,18,19). The fourth-order valence-corrected chi connectivity index (χ4v) is 2.13. The van der Waals surface area contributed by atoms with Crippen molar-refractivity contribution in [2.24, 2.45) is 0 Å². The van der Waals surface area contributed by atoms with Crippen molar-refractivity contribution in [2.45, 2.75) is 0 Å². The monoisotopic (exact) mass is 251 g/mol. The number of anilines is 1. The Morgan fingerprint density at radius 2 is 1.68 bits per heavy atom. The summed E-state index contributed by atoms with van der Waals surface area (Å²) in [4.78, 5) is 11.7. The molecule has 1 heterocycles. The van der Waals surface area contributed by atoms with E-state index in [4.69, 9.17) is 0 Å². The fourth-order valence-electron chi connectivity index (χ4n) is 2.13. The molecule has 19 heavy (non-hydrogen) atoms. The summed E-state index contributed by atoms with van der Waals surface area (Å²) in [6.07, 6.45) is 0. The van der Waals surface area contributed by atoms with Crippen LogP contribution >= 0.6 is 0 Å². The maximum atomic E-state index is 11.7. The minimum absolute atomic E-state index is 0.161. The minimum atomic E-state index is -0.161. The average Bonchev–Trinajstić information content (AvgIpc) is 2.48. The van der Waals surface area contributed by atoms with E-state index in [1.807, 2.05) is 49.5 Å². The molecule has 0 atom stereocenters. The lowest BCUT2D eigenvalue weighted by molar-refractivity contribution is 1.02. The van der Waals surface area contributed by atoms with Gasteiger partial charge in [0.1, 0.15) is 0 Å². The molecular formula is C15H13N3O. The zero-order chi connectivity index (χ0) is 13.2. The van der Waals surface area contributed by atoms with Gasteiger partial charge in [0.05, 0.1) is 11.1 Å². The number of fused-ring (bicyclic) bond motifs is 1. The Labute approximate surface area is 110 Å². The van der Waals surface area contributed by atoms with E-state index in [9.17, 15) is 4.79 Å². The second kappa shape index (κ2) is 4.57. The van der Waals surface area contributed by atoms with Crippen LogP contribution in [0.4, 0.5) is 5.69 Å². The Balaban J connectivity index is 2.24. The van der Waals surface area contributed by atoms with Crippen molar-refractivity contribution in [3.8, 4) is 11.3 Å². The fraction of sp³-hybridized carbons (Fsp3) is 0.0667. The van der Waals surface area contributed by atoms with Crippen molar-refractivity contribution < 1.29 is 0 Å². The summed E-state index contributed by atoms with van der Waals surface area (Å²) < 4.78 is 0. The van der Waals surface area contributed by atoms with Crippen LogP contribution in [0.3, 0.4) is 0 Å². The highest BCUT2D eigenvalue weighted by Crippen LogP contribution is 2.24. The molecule has 0 saturated carbocycles. The highest BCUT2D eigenvalue weighted by Gasteiger charge is 2.07. The summed E-state index contributed by atoms with van der Waals surface area (Å²) in [5.74, 6) is 0. The number of aromatic amines is 1. The van der Waals surface area contributed by atoms with Crippen LogP contribution < -0.4 is 10.9 Å². The van der Waals surface area contributed by atoms with E-state index in [0.29, 0.717) is 5.39 Å². The van der Waals surface area contributed by atoms with Gasteiger partial charge in [-0.2, -0.15) is 5.10 Å². The van der Waals surface area contributed by atoms with E-state index in [2.05, 4.69) is 15.5 Å². The summed E-state index contributed by atoms with van der Waals surface area (Å²) in [5, 5.41) is 11.3. The largest absolute Gasteiger partial charge is 0.388 e. The zero-order valence-electron chi connectivity index (χ0n) is 10.5. The maximum Gasteiger partial charge on any atom is 0.272 e. The van der Waals surface area contributed by atoms with Crippen LogP contribution in [0.25, 0.3) is 22.0 Å². The van der Waals surface area contributed by atoms with Gasteiger partial charge in [-0.3, -0.25) is 4.79 Å². The first-order valence-corrected chi connectivity index (χ1v) is 6.05. The number of benzene rings is 2. The Hall–Kier alpha value is -2.62. The van der Waals surface area contributed by atoms with Crippen molar-refractivity contribution in [2.75, 3.05) is 12.4 Å². The van der Waals surface area contributed by atoms with Gasteiger partial charge in [-0.15, -0.1) is 0 Å². The van der Waals surface area contributed by atoms with Gasteiger partial charge in [0, 0.05) is 23.7 Å². The lowest BCUT2D eigenvalue weighted by atomic mass is 10.0. The molecule has 0 aliphatic heterocycles.